The standard InChI is InChI=1S/C19H23FN4O2/c1-4-24-16(25)9-13(17(24)18-21-7-8-23(18)3)11-22-19(26)15-10-14(20)6-5-12(15)2/h5-8,10,13,17H,4,9,11H2,1-3H3,(H,22,26)/t13-,17+/m0/s1. The predicted octanol–water partition coefficient (Wildman–Crippen LogP) is 2.21. The number of likely N-dealkylation sites (tertiary alicyclic amines) is 1. The molecule has 0 unspecified atom stereocenters. The molecule has 1 aromatic heterocycles. The number of imidazole rings is 1. The van der Waals surface area contributed by atoms with Gasteiger partial charge in [-0.05, 0) is 31.5 Å². The third-order valence-corrected chi connectivity index (χ3v) is 4.97. The van der Waals surface area contributed by atoms with Crippen LogP contribution in [0.2, 0.25) is 0 Å². The van der Waals surface area contributed by atoms with Crippen molar-refractivity contribution in [3.8, 4) is 0 Å². The highest BCUT2D eigenvalue weighted by Crippen LogP contribution is 2.36. The molecular formula is C19H23FN4O2. The molecule has 1 saturated heterocycles. The van der Waals surface area contributed by atoms with Gasteiger partial charge in [0.1, 0.15) is 11.6 Å². The van der Waals surface area contributed by atoms with Crippen molar-refractivity contribution in [3.63, 3.8) is 0 Å². The van der Waals surface area contributed by atoms with Gasteiger partial charge in [0.25, 0.3) is 5.91 Å². The highest BCUT2D eigenvalue weighted by atomic mass is 19.1. The smallest absolute Gasteiger partial charge is 0.251 e. The number of halogens is 1. The summed E-state index contributed by atoms with van der Waals surface area (Å²) in [5.74, 6) is 0.00441. The molecule has 2 atom stereocenters. The fourth-order valence-corrected chi connectivity index (χ4v) is 3.59. The molecule has 0 bridgehead atoms. The van der Waals surface area contributed by atoms with E-state index in [1.807, 2.05) is 24.7 Å². The van der Waals surface area contributed by atoms with Gasteiger partial charge in [0.15, 0.2) is 0 Å². The lowest BCUT2D eigenvalue weighted by atomic mass is 9.99. The van der Waals surface area contributed by atoms with E-state index in [9.17, 15) is 14.0 Å². The van der Waals surface area contributed by atoms with Gasteiger partial charge >= 0.3 is 0 Å². The van der Waals surface area contributed by atoms with E-state index in [0.717, 1.165) is 5.82 Å². The first-order valence-corrected chi connectivity index (χ1v) is 8.73. The number of nitrogens with zero attached hydrogens (tertiary/aromatic N) is 3. The van der Waals surface area contributed by atoms with Gasteiger partial charge in [0.05, 0.1) is 6.04 Å². The van der Waals surface area contributed by atoms with Crippen LogP contribution in [0.4, 0.5) is 4.39 Å². The zero-order valence-corrected chi connectivity index (χ0v) is 15.2. The Kier molecular flexibility index (Phi) is 5.06. The van der Waals surface area contributed by atoms with Gasteiger partial charge in [0, 0.05) is 50.4 Å². The molecule has 2 amide bonds. The van der Waals surface area contributed by atoms with Gasteiger partial charge in [-0.2, -0.15) is 0 Å². The topological polar surface area (TPSA) is 67.2 Å². The van der Waals surface area contributed by atoms with Crippen LogP contribution in [0, 0.1) is 18.7 Å². The average Bonchev–Trinajstić information content (AvgIpc) is 3.16. The predicted molar refractivity (Wildman–Crippen MR) is 94.9 cm³/mol. The molecule has 0 aliphatic carbocycles. The van der Waals surface area contributed by atoms with E-state index in [1.54, 1.807) is 24.1 Å². The number of carbonyl (C=O) groups excluding carboxylic acids is 2. The first kappa shape index (κ1) is 18.1. The summed E-state index contributed by atoms with van der Waals surface area (Å²) in [6, 6.07) is 3.97. The number of benzene rings is 1. The second-order valence-electron chi connectivity index (χ2n) is 6.65. The van der Waals surface area contributed by atoms with Crippen LogP contribution in [-0.4, -0.2) is 39.4 Å². The zero-order chi connectivity index (χ0) is 18.8. The molecule has 0 saturated carbocycles. The van der Waals surface area contributed by atoms with Crippen LogP contribution in [0.25, 0.3) is 0 Å². The first-order chi connectivity index (χ1) is 12.4. The molecule has 6 nitrogen and oxygen atoms in total. The molecule has 138 valence electrons. The van der Waals surface area contributed by atoms with Crippen molar-refractivity contribution < 1.29 is 14.0 Å². The second kappa shape index (κ2) is 7.27. The van der Waals surface area contributed by atoms with Gasteiger partial charge in [-0.25, -0.2) is 9.37 Å². The number of aromatic nitrogens is 2. The molecule has 1 aliphatic rings. The molecule has 0 radical (unpaired) electrons. The fraction of sp³-hybridized carbons (Fsp3) is 0.421. The van der Waals surface area contributed by atoms with E-state index in [0.29, 0.717) is 30.6 Å². The Morgan fingerprint density at radius 1 is 1.42 bits per heavy atom. The second-order valence-corrected chi connectivity index (χ2v) is 6.65. The summed E-state index contributed by atoms with van der Waals surface area (Å²) >= 11 is 0. The monoisotopic (exact) mass is 358 g/mol. The molecule has 1 aromatic carbocycles. The number of amides is 2. The van der Waals surface area contributed by atoms with Gasteiger partial charge in [-0.3, -0.25) is 9.59 Å². The van der Waals surface area contributed by atoms with Crippen molar-refractivity contribution in [1.29, 1.82) is 0 Å². The number of nitrogens with one attached hydrogen (secondary N) is 1. The Morgan fingerprint density at radius 2 is 2.19 bits per heavy atom. The van der Waals surface area contributed by atoms with Gasteiger partial charge in [0.2, 0.25) is 5.91 Å². The SMILES string of the molecule is CCN1C(=O)C[C@@H](CNC(=O)c2cc(F)ccc2C)[C@@H]1c1nccn1C. The summed E-state index contributed by atoms with van der Waals surface area (Å²) in [7, 11) is 1.89. The van der Waals surface area contributed by atoms with Crippen LogP contribution < -0.4 is 5.32 Å². The highest BCUT2D eigenvalue weighted by molar-refractivity contribution is 5.95. The maximum absolute atomic E-state index is 13.4. The van der Waals surface area contributed by atoms with Crippen LogP contribution in [0.1, 0.15) is 41.1 Å². The molecule has 1 aliphatic heterocycles. The quantitative estimate of drug-likeness (QED) is 0.891. The minimum Gasteiger partial charge on any atom is -0.352 e. The van der Waals surface area contributed by atoms with Crippen LogP contribution in [0.3, 0.4) is 0 Å². The summed E-state index contributed by atoms with van der Waals surface area (Å²) in [4.78, 5) is 31.0. The van der Waals surface area contributed by atoms with E-state index >= 15 is 0 Å². The van der Waals surface area contributed by atoms with E-state index in [4.69, 9.17) is 0 Å². The third-order valence-electron chi connectivity index (χ3n) is 4.97. The van der Waals surface area contributed by atoms with Gasteiger partial charge in [-0.1, -0.05) is 6.07 Å². The van der Waals surface area contributed by atoms with Gasteiger partial charge in [-0.15, -0.1) is 0 Å². The van der Waals surface area contributed by atoms with Crippen LogP contribution >= 0.6 is 0 Å². The van der Waals surface area contributed by atoms with E-state index < -0.39 is 5.82 Å². The van der Waals surface area contributed by atoms with E-state index in [2.05, 4.69) is 10.3 Å². The lowest BCUT2D eigenvalue weighted by Crippen LogP contribution is -2.35. The van der Waals surface area contributed by atoms with Crippen molar-refractivity contribution in [2.45, 2.75) is 26.3 Å². The molecule has 1 N–H and O–H groups in total. The molecule has 26 heavy (non-hydrogen) atoms. The van der Waals surface area contributed by atoms with Crippen molar-refractivity contribution in [2.75, 3.05) is 13.1 Å². The zero-order valence-electron chi connectivity index (χ0n) is 15.2. The van der Waals surface area contributed by atoms with Crippen LogP contribution in [0.5, 0.6) is 0 Å². The summed E-state index contributed by atoms with van der Waals surface area (Å²) in [5.41, 5.74) is 1.03. The molecule has 0 spiro atoms. The Labute approximate surface area is 152 Å². The molecule has 1 fully saturated rings. The first-order valence-electron chi connectivity index (χ1n) is 8.73. The Balaban J connectivity index is 1.77. The highest BCUT2D eigenvalue weighted by Gasteiger charge is 2.41. The van der Waals surface area contributed by atoms with Gasteiger partial charge < -0.3 is 14.8 Å². The van der Waals surface area contributed by atoms with E-state index in [-0.39, 0.29) is 23.8 Å². The lowest BCUT2D eigenvalue weighted by Gasteiger charge is -2.27. The fourth-order valence-electron chi connectivity index (χ4n) is 3.59. The Hall–Kier alpha value is -2.70. The van der Waals surface area contributed by atoms with E-state index in [1.165, 1.54) is 12.1 Å². The van der Waals surface area contributed by atoms with Crippen molar-refractivity contribution >= 4 is 11.8 Å². The summed E-state index contributed by atoms with van der Waals surface area (Å²) in [5, 5.41) is 2.86. The Bertz CT molecular complexity index is 833. The minimum atomic E-state index is -0.445. The Morgan fingerprint density at radius 3 is 2.85 bits per heavy atom. The van der Waals surface area contributed by atoms with Crippen molar-refractivity contribution in [2.24, 2.45) is 13.0 Å². The number of rotatable bonds is 5. The molecule has 3 rings (SSSR count). The normalized spacial score (nSPS) is 19.8. The van der Waals surface area contributed by atoms with Crippen LogP contribution in [0.15, 0.2) is 30.6 Å². The maximum Gasteiger partial charge on any atom is 0.251 e. The number of carbonyl (C=O) groups is 2. The summed E-state index contributed by atoms with van der Waals surface area (Å²) in [6.45, 7) is 4.62. The largest absolute Gasteiger partial charge is 0.352 e. The number of aryl methyl sites for hydroxylation is 2. The van der Waals surface area contributed by atoms with Crippen molar-refractivity contribution in [3.05, 3.63) is 53.4 Å². The summed E-state index contributed by atoms with van der Waals surface area (Å²) in [6.07, 6.45) is 3.91. The molecule has 7 heteroatoms. The summed E-state index contributed by atoms with van der Waals surface area (Å²) < 4.78 is 15.3. The van der Waals surface area contributed by atoms with Crippen LogP contribution in [-0.2, 0) is 11.8 Å². The number of hydrogen-bond acceptors (Lipinski definition) is 3. The molecular weight excluding hydrogens is 335 g/mol. The lowest BCUT2D eigenvalue weighted by molar-refractivity contribution is -0.128. The maximum atomic E-state index is 13.4. The molecule has 2 heterocycles. The van der Waals surface area contributed by atoms with Crippen molar-refractivity contribution in [1.82, 2.24) is 19.8 Å². The third kappa shape index (κ3) is 3.34. The number of hydrogen-bond donors (Lipinski definition) is 1. The molecule has 2 aromatic rings. The average molecular weight is 358 g/mol. The minimum absolute atomic E-state index is 0.0571.